The second kappa shape index (κ2) is 5.71. The van der Waals surface area contributed by atoms with Crippen molar-refractivity contribution >= 4 is 21.8 Å². The summed E-state index contributed by atoms with van der Waals surface area (Å²) >= 11 is 3.65. The highest BCUT2D eigenvalue weighted by Gasteiger charge is 2.26. The van der Waals surface area contributed by atoms with Crippen molar-refractivity contribution in [2.75, 3.05) is 13.1 Å². The Bertz CT molecular complexity index is 364. The molecule has 94 valence electrons. The summed E-state index contributed by atoms with van der Waals surface area (Å²) in [6.45, 7) is 3.93. The molecule has 2 atom stereocenters. The SMILES string of the molecule is CC1CN(C(=O)CCc2ccco2)CCC1Br. The van der Waals surface area contributed by atoms with Gasteiger partial charge in [-0.15, -0.1) is 0 Å². The zero-order valence-electron chi connectivity index (χ0n) is 10.1. The third kappa shape index (κ3) is 3.35. The number of alkyl halides is 1. The number of amides is 1. The summed E-state index contributed by atoms with van der Waals surface area (Å²) < 4.78 is 5.23. The van der Waals surface area contributed by atoms with Crippen LogP contribution in [0.3, 0.4) is 0 Å². The van der Waals surface area contributed by atoms with Crippen LogP contribution in [0.2, 0.25) is 0 Å². The van der Waals surface area contributed by atoms with E-state index in [2.05, 4.69) is 22.9 Å². The van der Waals surface area contributed by atoms with Gasteiger partial charge in [0.05, 0.1) is 6.26 Å². The van der Waals surface area contributed by atoms with Crippen molar-refractivity contribution in [3.8, 4) is 0 Å². The summed E-state index contributed by atoms with van der Waals surface area (Å²) in [5.41, 5.74) is 0. The van der Waals surface area contributed by atoms with E-state index in [1.54, 1.807) is 6.26 Å². The van der Waals surface area contributed by atoms with E-state index >= 15 is 0 Å². The van der Waals surface area contributed by atoms with Gasteiger partial charge in [0.15, 0.2) is 0 Å². The van der Waals surface area contributed by atoms with Gasteiger partial charge in [-0.1, -0.05) is 22.9 Å². The third-order valence-corrected chi connectivity index (χ3v) is 4.68. The highest BCUT2D eigenvalue weighted by Crippen LogP contribution is 2.23. The Morgan fingerprint density at radius 1 is 1.65 bits per heavy atom. The predicted octanol–water partition coefficient (Wildman–Crippen LogP) is 2.84. The molecular formula is C13H18BrNO2. The Balaban J connectivity index is 1.80. The lowest BCUT2D eigenvalue weighted by molar-refractivity contribution is -0.132. The van der Waals surface area contributed by atoms with Crippen LogP contribution in [0, 0.1) is 5.92 Å². The lowest BCUT2D eigenvalue weighted by atomic mass is 9.99. The monoisotopic (exact) mass is 299 g/mol. The zero-order valence-corrected chi connectivity index (χ0v) is 11.6. The summed E-state index contributed by atoms with van der Waals surface area (Å²) in [6, 6.07) is 3.78. The van der Waals surface area contributed by atoms with Crippen LogP contribution >= 0.6 is 15.9 Å². The zero-order chi connectivity index (χ0) is 12.3. The van der Waals surface area contributed by atoms with Crippen molar-refractivity contribution in [1.82, 2.24) is 4.90 Å². The second-order valence-electron chi connectivity index (χ2n) is 4.70. The van der Waals surface area contributed by atoms with Gasteiger partial charge in [-0.2, -0.15) is 0 Å². The molecule has 0 aromatic carbocycles. The van der Waals surface area contributed by atoms with E-state index in [-0.39, 0.29) is 5.91 Å². The molecule has 1 aromatic heterocycles. The molecule has 0 bridgehead atoms. The van der Waals surface area contributed by atoms with Crippen molar-refractivity contribution in [3.05, 3.63) is 24.2 Å². The molecule has 0 spiro atoms. The standard InChI is InChI=1S/C13H18BrNO2/c1-10-9-15(7-6-12(10)14)13(16)5-4-11-3-2-8-17-11/h2-3,8,10,12H,4-7,9H2,1H3. The number of aryl methyl sites for hydroxylation is 1. The van der Waals surface area contributed by atoms with Crippen molar-refractivity contribution in [2.45, 2.75) is 31.0 Å². The third-order valence-electron chi connectivity index (χ3n) is 3.32. The molecule has 2 rings (SSSR count). The van der Waals surface area contributed by atoms with E-state index in [1.807, 2.05) is 17.0 Å². The smallest absolute Gasteiger partial charge is 0.223 e. The van der Waals surface area contributed by atoms with Crippen LogP contribution in [-0.4, -0.2) is 28.7 Å². The van der Waals surface area contributed by atoms with Gasteiger partial charge < -0.3 is 9.32 Å². The molecule has 17 heavy (non-hydrogen) atoms. The van der Waals surface area contributed by atoms with Gasteiger partial charge in [0.25, 0.3) is 0 Å². The summed E-state index contributed by atoms with van der Waals surface area (Å²) in [4.78, 5) is 14.5. The summed E-state index contributed by atoms with van der Waals surface area (Å²) in [6.07, 6.45) is 3.95. The fourth-order valence-electron chi connectivity index (χ4n) is 2.19. The maximum atomic E-state index is 12.0. The van der Waals surface area contributed by atoms with Crippen LogP contribution in [0.5, 0.6) is 0 Å². The average Bonchev–Trinajstić information content (AvgIpc) is 2.82. The van der Waals surface area contributed by atoms with Crippen molar-refractivity contribution in [3.63, 3.8) is 0 Å². The highest BCUT2D eigenvalue weighted by molar-refractivity contribution is 9.09. The lowest BCUT2D eigenvalue weighted by Gasteiger charge is -2.34. The molecule has 0 N–H and O–H groups in total. The van der Waals surface area contributed by atoms with E-state index in [0.29, 0.717) is 23.6 Å². The average molecular weight is 300 g/mol. The minimum atomic E-state index is 0.243. The summed E-state index contributed by atoms with van der Waals surface area (Å²) in [5.74, 6) is 1.67. The van der Waals surface area contributed by atoms with Gasteiger partial charge in [-0.05, 0) is 24.5 Å². The first-order chi connectivity index (χ1) is 8.16. The van der Waals surface area contributed by atoms with Crippen molar-refractivity contribution < 1.29 is 9.21 Å². The molecular weight excluding hydrogens is 282 g/mol. The topological polar surface area (TPSA) is 33.5 Å². The first-order valence-electron chi connectivity index (χ1n) is 6.11. The van der Waals surface area contributed by atoms with Gasteiger partial charge in [-0.25, -0.2) is 0 Å². The largest absolute Gasteiger partial charge is 0.469 e. The molecule has 1 fully saturated rings. The first-order valence-corrected chi connectivity index (χ1v) is 7.02. The number of halogens is 1. The maximum absolute atomic E-state index is 12.0. The summed E-state index contributed by atoms with van der Waals surface area (Å²) in [7, 11) is 0. The molecule has 0 aliphatic carbocycles. The molecule has 0 saturated carbocycles. The molecule has 0 radical (unpaired) electrons. The maximum Gasteiger partial charge on any atom is 0.223 e. The first kappa shape index (κ1) is 12.7. The van der Waals surface area contributed by atoms with Gasteiger partial charge >= 0.3 is 0 Å². The molecule has 1 aromatic rings. The van der Waals surface area contributed by atoms with Crippen LogP contribution in [0.25, 0.3) is 0 Å². The van der Waals surface area contributed by atoms with E-state index in [4.69, 9.17) is 4.42 Å². The minimum Gasteiger partial charge on any atom is -0.469 e. The molecule has 4 heteroatoms. The highest BCUT2D eigenvalue weighted by atomic mass is 79.9. The number of furan rings is 1. The van der Waals surface area contributed by atoms with E-state index in [0.717, 1.165) is 25.3 Å². The number of nitrogens with zero attached hydrogens (tertiary/aromatic N) is 1. The normalized spacial score (nSPS) is 24.9. The number of carbonyl (C=O) groups excluding carboxylic acids is 1. The van der Waals surface area contributed by atoms with E-state index in [9.17, 15) is 4.79 Å². The van der Waals surface area contributed by atoms with Gasteiger partial charge in [-0.3, -0.25) is 4.79 Å². The van der Waals surface area contributed by atoms with Gasteiger partial charge in [0.2, 0.25) is 5.91 Å². The minimum absolute atomic E-state index is 0.243. The van der Waals surface area contributed by atoms with E-state index in [1.165, 1.54) is 0 Å². The van der Waals surface area contributed by atoms with E-state index < -0.39 is 0 Å². The van der Waals surface area contributed by atoms with Crippen LogP contribution in [0.15, 0.2) is 22.8 Å². The molecule has 1 aliphatic rings. The number of rotatable bonds is 3. The molecule has 1 amide bonds. The summed E-state index contributed by atoms with van der Waals surface area (Å²) in [5, 5.41) is 0. The number of hydrogen-bond donors (Lipinski definition) is 0. The van der Waals surface area contributed by atoms with Crippen LogP contribution in [0.4, 0.5) is 0 Å². The molecule has 1 aliphatic heterocycles. The van der Waals surface area contributed by atoms with Crippen molar-refractivity contribution in [1.29, 1.82) is 0 Å². The Hall–Kier alpha value is -0.770. The molecule has 1 saturated heterocycles. The van der Waals surface area contributed by atoms with Crippen LogP contribution < -0.4 is 0 Å². The fraction of sp³-hybridized carbons (Fsp3) is 0.615. The van der Waals surface area contributed by atoms with Gasteiger partial charge in [0, 0.05) is 30.8 Å². The number of piperidine rings is 1. The molecule has 2 heterocycles. The quantitative estimate of drug-likeness (QED) is 0.804. The molecule has 2 unspecified atom stereocenters. The lowest BCUT2D eigenvalue weighted by Crippen LogP contribution is -2.43. The van der Waals surface area contributed by atoms with Crippen molar-refractivity contribution in [2.24, 2.45) is 5.92 Å². The second-order valence-corrected chi connectivity index (χ2v) is 5.88. The Morgan fingerprint density at radius 3 is 3.12 bits per heavy atom. The van der Waals surface area contributed by atoms with Crippen LogP contribution in [0.1, 0.15) is 25.5 Å². The number of carbonyl (C=O) groups is 1. The Labute approximate surface area is 110 Å². The fourth-order valence-corrected chi connectivity index (χ4v) is 2.56. The predicted molar refractivity (Wildman–Crippen MR) is 70.1 cm³/mol. The number of likely N-dealkylation sites (tertiary alicyclic amines) is 1. The van der Waals surface area contributed by atoms with Gasteiger partial charge in [0.1, 0.15) is 5.76 Å². The number of hydrogen-bond acceptors (Lipinski definition) is 2. The molecule has 3 nitrogen and oxygen atoms in total. The Kier molecular flexibility index (Phi) is 4.26. The Morgan fingerprint density at radius 2 is 2.47 bits per heavy atom. The van der Waals surface area contributed by atoms with Crippen LogP contribution in [-0.2, 0) is 11.2 Å².